The van der Waals surface area contributed by atoms with Crippen molar-refractivity contribution in [3.05, 3.63) is 32.2 Å². The molecule has 0 bridgehead atoms. The number of hydrogen-bond acceptors (Lipinski definition) is 4. The molecule has 9 heteroatoms. The van der Waals surface area contributed by atoms with Crippen LogP contribution in [0.15, 0.2) is 15.9 Å². The van der Waals surface area contributed by atoms with E-state index in [4.69, 9.17) is 5.11 Å². The summed E-state index contributed by atoms with van der Waals surface area (Å²) in [6.07, 6.45) is -2.94. The second-order valence-corrected chi connectivity index (χ2v) is 5.13. The predicted octanol–water partition coefficient (Wildman–Crippen LogP) is 2.79. The maximum atomic E-state index is 12.8. The van der Waals surface area contributed by atoms with Crippen LogP contribution in [-0.2, 0) is 6.54 Å². The summed E-state index contributed by atoms with van der Waals surface area (Å²) < 4.78 is 27.3. The Morgan fingerprint density at radius 2 is 2.33 bits per heavy atom. The van der Waals surface area contributed by atoms with Gasteiger partial charge in [0, 0.05) is 9.35 Å². The molecule has 18 heavy (non-hydrogen) atoms. The fourth-order valence-electron chi connectivity index (χ4n) is 1.38. The molecule has 0 radical (unpaired) electrons. The van der Waals surface area contributed by atoms with Crippen molar-refractivity contribution in [1.82, 2.24) is 15.0 Å². The zero-order valence-electron chi connectivity index (χ0n) is 8.68. The quantitative estimate of drug-likeness (QED) is 0.931. The van der Waals surface area contributed by atoms with Gasteiger partial charge in [0.25, 0.3) is 6.43 Å². The number of thiophene rings is 1. The lowest BCUT2D eigenvalue weighted by Crippen LogP contribution is -2.09. The fraction of sp³-hybridized carbons (Fsp3) is 0.222. The number of alkyl halides is 2. The normalized spacial score (nSPS) is 11.1. The number of aromatic carboxylic acids is 1. The van der Waals surface area contributed by atoms with Crippen LogP contribution in [0, 0.1) is 0 Å². The van der Waals surface area contributed by atoms with Gasteiger partial charge in [0.05, 0.1) is 6.54 Å². The molecule has 0 fully saturated rings. The molecular weight excluding hydrogens is 332 g/mol. The number of nitrogens with zero attached hydrogens (tertiary/aromatic N) is 3. The maximum absolute atomic E-state index is 12.8. The molecule has 96 valence electrons. The smallest absolute Gasteiger partial charge is 0.358 e. The SMILES string of the molecule is O=C(O)c1nnn(Cc2sccc2Br)c1C(F)F. The number of rotatable bonds is 4. The van der Waals surface area contributed by atoms with Gasteiger partial charge in [-0.25, -0.2) is 18.3 Å². The summed E-state index contributed by atoms with van der Waals surface area (Å²) in [7, 11) is 0. The molecular formula is C9H6BrF2N3O2S. The van der Waals surface area contributed by atoms with Crippen LogP contribution in [0.2, 0.25) is 0 Å². The van der Waals surface area contributed by atoms with Gasteiger partial charge in [-0.05, 0) is 27.4 Å². The average Bonchev–Trinajstić information content (AvgIpc) is 2.86. The van der Waals surface area contributed by atoms with Gasteiger partial charge < -0.3 is 5.11 Å². The Balaban J connectivity index is 2.40. The standard InChI is InChI=1S/C9H6BrF2N3O2S/c10-4-1-2-18-5(4)3-15-7(8(11)12)6(9(16)17)13-14-15/h1-2,8H,3H2,(H,16,17). The predicted molar refractivity (Wildman–Crippen MR) is 63.1 cm³/mol. The van der Waals surface area contributed by atoms with E-state index in [1.54, 1.807) is 11.4 Å². The Labute approximate surface area is 112 Å². The minimum Gasteiger partial charge on any atom is -0.476 e. The topological polar surface area (TPSA) is 68.0 Å². The first-order valence-electron chi connectivity index (χ1n) is 4.67. The molecule has 0 aromatic carbocycles. The van der Waals surface area contributed by atoms with Crippen LogP contribution in [0.1, 0.15) is 27.5 Å². The van der Waals surface area contributed by atoms with E-state index in [0.29, 0.717) is 0 Å². The number of carboxylic acids is 1. The highest BCUT2D eigenvalue weighted by atomic mass is 79.9. The van der Waals surface area contributed by atoms with Crippen LogP contribution in [0.4, 0.5) is 8.78 Å². The first-order chi connectivity index (χ1) is 8.50. The third-order valence-corrected chi connectivity index (χ3v) is 4.08. The molecule has 2 aromatic heterocycles. The van der Waals surface area contributed by atoms with E-state index in [9.17, 15) is 13.6 Å². The number of hydrogen-bond donors (Lipinski definition) is 1. The Morgan fingerprint density at radius 1 is 1.61 bits per heavy atom. The average molecular weight is 338 g/mol. The van der Waals surface area contributed by atoms with E-state index in [-0.39, 0.29) is 6.54 Å². The molecule has 0 atom stereocenters. The third-order valence-electron chi connectivity index (χ3n) is 2.17. The lowest BCUT2D eigenvalue weighted by atomic mass is 10.3. The van der Waals surface area contributed by atoms with Crippen molar-refractivity contribution in [2.24, 2.45) is 0 Å². The highest BCUT2D eigenvalue weighted by Crippen LogP contribution is 2.26. The minimum absolute atomic E-state index is 0.0538. The number of aromatic nitrogens is 3. The van der Waals surface area contributed by atoms with Crippen molar-refractivity contribution in [3.8, 4) is 0 Å². The van der Waals surface area contributed by atoms with E-state index in [0.717, 1.165) is 14.0 Å². The highest BCUT2D eigenvalue weighted by molar-refractivity contribution is 9.10. The van der Waals surface area contributed by atoms with E-state index in [1.807, 2.05) is 0 Å². The van der Waals surface area contributed by atoms with Crippen LogP contribution in [0.25, 0.3) is 0 Å². The summed E-state index contributed by atoms with van der Waals surface area (Å²) in [6, 6.07) is 1.77. The van der Waals surface area contributed by atoms with Crippen LogP contribution >= 0.6 is 27.3 Å². The van der Waals surface area contributed by atoms with Crippen molar-refractivity contribution in [2.75, 3.05) is 0 Å². The molecule has 0 unspecified atom stereocenters. The number of carbonyl (C=O) groups is 1. The molecule has 0 amide bonds. The summed E-state index contributed by atoms with van der Waals surface area (Å²) in [5, 5.41) is 17.3. The zero-order valence-corrected chi connectivity index (χ0v) is 11.1. The van der Waals surface area contributed by atoms with Gasteiger partial charge in [-0.1, -0.05) is 5.21 Å². The third kappa shape index (κ3) is 2.41. The summed E-state index contributed by atoms with van der Waals surface area (Å²) in [6.45, 7) is 0.0538. The monoisotopic (exact) mass is 337 g/mol. The molecule has 2 aromatic rings. The van der Waals surface area contributed by atoms with Crippen molar-refractivity contribution >= 4 is 33.2 Å². The van der Waals surface area contributed by atoms with Crippen molar-refractivity contribution < 1.29 is 18.7 Å². The first kappa shape index (κ1) is 13.1. The molecule has 0 spiro atoms. The van der Waals surface area contributed by atoms with Crippen LogP contribution in [-0.4, -0.2) is 26.1 Å². The van der Waals surface area contributed by atoms with Gasteiger partial charge in [-0.3, -0.25) is 0 Å². The zero-order chi connectivity index (χ0) is 13.3. The minimum atomic E-state index is -2.94. The van der Waals surface area contributed by atoms with Crippen LogP contribution in [0.3, 0.4) is 0 Å². The molecule has 0 saturated heterocycles. The summed E-state index contributed by atoms with van der Waals surface area (Å²) >= 11 is 4.62. The molecule has 2 rings (SSSR count). The summed E-state index contributed by atoms with van der Waals surface area (Å²) in [5.41, 5.74) is -1.39. The van der Waals surface area contributed by atoms with Gasteiger partial charge in [0.15, 0.2) is 5.69 Å². The Bertz CT molecular complexity index is 584. The molecule has 0 saturated carbocycles. The number of carboxylic acid groups (broad SMARTS) is 1. The van der Waals surface area contributed by atoms with Crippen LogP contribution in [0.5, 0.6) is 0 Å². The van der Waals surface area contributed by atoms with E-state index in [1.165, 1.54) is 11.3 Å². The molecule has 1 N–H and O–H groups in total. The molecule has 0 aliphatic carbocycles. The second-order valence-electron chi connectivity index (χ2n) is 3.28. The summed E-state index contributed by atoms with van der Waals surface area (Å²) in [4.78, 5) is 11.5. The van der Waals surface area contributed by atoms with Gasteiger partial charge >= 0.3 is 5.97 Å². The van der Waals surface area contributed by atoms with Crippen LogP contribution < -0.4 is 0 Å². The van der Waals surface area contributed by atoms with Gasteiger partial charge in [0.2, 0.25) is 0 Å². The van der Waals surface area contributed by atoms with E-state index >= 15 is 0 Å². The molecule has 2 heterocycles. The molecule has 5 nitrogen and oxygen atoms in total. The van der Waals surface area contributed by atoms with Gasteiger partial charge in [0.1, 0.15) is 5.69 Å². The van der Waals surface area contributed by atoms with E-state index < -0.39 is 23.8 Å². The first-order valence-corrected chi connectivity index (χ1v) is 6.34. The second kappa shape index (κ2) is 5.11. The highest BCUT2D eigenvalue weighted by Gasteiger charge is 2.26. The molecule has 0 aliphatic heterocycles. The molecule has 0 aliphatic rings. The van der Waals surface area contributed by atoms with E-state index in [2.05, 4.69) is 26.2 Å². The fourth-order valence-corrected chi connectivity index (χ4v) is 2.84. The lowest BCUT2D eigenvalue weighted by molar-refractivity contribution is 0.0675. The van der Waals surface area contributed by atoms with Gasteiger partial charge in [-0.15, -0.1) is 16.4 Å². The maximum Gasteiger partial charge on any atom is 0.358 e. The Morgan fingerprint density at radius 3 is 2.83 bits per heavy atom. The van der Waals surface area contributed by atoms with Crippen molar-refractivity contribution in [2.45, 2.75) is 13.0 Å². The Kier molecular flexibility index (Phi) is 3.71. The van der Waals surface area contributed by atoms with Gasteiger partial charge in [-0.2, -0.15) is 0 Å². The largest absolute Gasteiger partial charge is 0.476 e. The Hall–Kier alpha value is -1.35. The van der Waals surface area contributed by atoms with Crippen molar-refractivity contribution in [1.29, 1.82) is 0 Å². The summed E-state index contributed by atoms with van der Waals surface area (Å²) in [5.74, 6) is -1.51. The van der Waals surface area contributed by atoms with Crippen molar-refractivity contribution in [3.63, 3.8) is 0 Å². The number of halogens is 3. The lowest BCUT2D eigenvalue weighted by Gasteiger charge is -2.05.